The Morgan fingerprint density at radius 1 is 1.27 bits per heavy atom. The van der Waals surface area contributed by atoms with Gasteiger partial charge in [0.1, 0.15) is 11.1 Å². The van der Waals surface area contributed by atoms with Gasteiger partial charge in [0.05, 0.1) is 29.4 Å². The lowest BCUT2D eigenvalue weighted by atomic mass is 10.0. The maximum absolute atomic E-state index is 12.6. The molecule has 0 bridgehead atoms. The lowest BCUT2D eigenvalue weighted by Gasteiger charge is -2.25. The summed E-state index contributed by atoms with van der Waals surface area (Å²) in [5.74, 6) is -0.457. The van der Waals surface area contributed by atoms with Crippen molar-refractivity contribution in [2.75, 3.05) is 24.2 Å². The van der Waals surface area contributed by atoms with Crippen LogP contribution >= 0.6 is 11.3 Å². The molecule has 0 saturated heterocycles. The quantitative estimate of drug-likeness (QED) is 0.752. The topological polar surface area (TPSA) is 117 Å². The van der Waals surface area contributed by atoms with E-state index in [2.05, 4.69) is 11.4 Å². The summed E-state index contributed by atoms with van der Waals surface area (Å²) in [6.07, 6.45) is 0.107. The van der Waals surface area contributed by atoms with Crippen LogP contribution in [0.25, 0.3) is 0 Å². The molecular weight excluding hydrogens is 426 g/mol. The fourth-order valence-corrected chi connectivity index (χ4v) is 5.23. The lowest BCUT2D eigenvalue weighted by molar-refractivity contribution is 0.102. The van der Waals surface area contributed by atoms with E-state index in [-0.39, 0.29) is 22.8 Å². The zero-order valence-corrected chi connectivity index (χ0v) is 18.2. The number of benzene rings is 1. The molecule has 1 aliphatic rings. The van der Waals surface area contributed by atoms with Gasteiger partial charge in [0.25, 0.3) is 5.91 Å². The van der Waals surface area contributed by atoms with Gasteiger partial charge in [-0.1, -0.05) is 6.92 Å². The number of nitriles is 1. The molecule has 0 saturated carbocycles. The fourth-order valence-electron chi connectivity index (χ4n) is 3.14. The van der Waals surface area contributed by atoms with E-state index in [1.54, 1.807) is 18.7 Å². The van der Waals surface area contributed by atoms with Gasteiger partial charge in [0, 0.05) is 17.0 Å². The summed E-state index contributed by atoms with van der Waals surface area (Å²) in [7, 11) is -3.34. The molecule has 158 valence electrons. The van der Waals surface area contributed by atoms with Crippen LogP contribution in [0.5, 0.6) is 0 Å². The smallest absolute Gasteiger partial charge is 0.410 e. The minimum absolute atomic E-state index is 0.0202. The number of fused-ring (bicyclic) bond motifs is 1. The number of nitrogens with zero attached hydrogens (tertiary/aromatic N) is 2. The highest BCUT2D eigenvalue weighted by Gasteiger charge is 2.28. The Labute approximate surface area is 179 Å². The minimum atomic E-state index is -3.34. The van der Waals surface area contributed by atoms with Gasteiger partial charge in [0.2, 0.25) is 0 Å². The first-order valence-corrected chi connectivity index (χ1v) is 11.9. The minimum Gasteiger partial charge on any atom is -0.450 e. The van der Waals surface area contributed by atoms with Crippen LogP contribution in [0.1, 0.15) is 40.2 Å². The Bertz CT molecular complexity index is 1110. The Morgan fingerprint density at radius 2 is 1.97 bits per heavy atom. The van der Waals surface area contributed by atoms with Gasteiger partial charge in [-0.15, -0.1) is 11.3 Å². The van der Waals surface area contributed by atoms with Crippen molar-refractivity contribution >= 4 is 38.2 Å². The molecular formula is C20H21N3O5S2. The van der Waals surface area contributed by atoms with Crippen molar-refractivity contribution < 1.29 is 22.7 Å². The number of ether oxygens (including phenoxy) is 1. The number of nitrogens with one attached hydrogen (secondary N) is 1. The third-order valence-electron chi connectivity index (χ3n) is 4.78. The molecule has 1 aliphatic heterocycles. The van der Waals surface area contributed by atoms with E-state index < -0.39 is 21.8 Å². The highest BCUT2D eigenvalue weighted by molar-refractivity contribution is 7.91. The van der Waals surface area contributed by atoms with Crippen LogP contribution in [0.4, 0.5) is 9.80 Å². The van der Waals surface area contributed by atoms with Crippen molar-refractivity contribution in [2.45, 2.75) is 31.7 Å². The van der Waals surface area contributed by atoms with Crippen LogP contribution < -0.4 is 5.32 Å². The Balaban J connectivity index is 1.80. The fraction of sp³-hybridized carbons (Fsp3) is 0.350. The molecule has 2 amide bonds. The maximum atomic E-state index is 12.6. The summed E-state index contributed by atoms with van der Waals surface area (Å²) in [6, 6.07) is 7.83. The van der Waals surface area contributed by atoms with E-state index >= 15 is 0 Å². The second kappa shape index (κ2) is 8.85. The summed E-state index contributed by atoms with van der Waals surface area (Å²) < 4.78 is 28.9. The number of rotatable bonds is 5. The molecule has 30 heavy (non-hydrogen) atoms. The Kier molecular flexibility index (Phi) is 6.43. The molecule has 0 fully saturated rings. The normalized spacial score (nSPS) is 13.3. The van der Waals surface area contributed by atoms with E-state index in [4.69, 9.17) is 4.74 Å². The molecule has 0 radical (unpaired) electrons. The van der Waals surface area contributed by atoms with Crippen LogP contribution in [0.3, 0.4) is 0 Å². The van der Waals surface area contributed by atoms with Gasteiger partial charge in [-0.2, -0.15) is 5.26 Å². The van der Waals surface area contributed by atoms with Crippen molar-refractivity contribution in [2.24, 2.45) is 0 Å². The van der Waals surface area contributed by atoms with Crippen molar-refractivity contribution in [3.05, 3.63) is 45.8 Å². The first kappa shape index (κ1) is 21.8. The largest absolute Gasteiger partial charge is 0.450 e. The molecule has 2 aromatic rings. The van der Waals surface area contributed by atoms with Crippen LogP contribution in [-0.4, -0.2) is 44.2 Å². The van der Waals surface area contributed by atoms with E-state index in [9.17, 15) is 23.3 Å². The SMILES string of the molecule is CCOC(=O)N1CCc2c(sc(NC(=O)c3ccc(S(=O)(=O)CC)cc3)c2C#N)C1. The van der Waals surface area contributed by atoms with Crippen molar-refractivity contribution in [3.63, 3.8) is 0 Å². The van der Waals surface area contributed by atoms with E-state index in [1.807, 2.05) is 0 Å². The zero-order chi connectivity index (χ0) is 21.9. The average molecular weight is 448 g/mol. The predicted molar refractivity (Wildman–Crippen MR) is 112 cm³/mol. The van der Waals surface area contributed by atoms with Gasteiger partial charge in [-0.05, 0) is 43.2 Å². The van der Waals surface area contributed by atoms with Crippen molar-refractivity contribution in [1.82, 2.24) is 4.90 Å². The summed E-state index contributed by atoms with van der Waals surface area (Å²) in [5, 5.41) is 12.8. The van der Waals surface area contributed by atoms with E-state index in [0.29, 0.717) is 30.1 Å². The molecule has 1 aromatic carbocycles. The monoisotopic (exact) mass is 447 g/mol. The van der Waals surface area contributed by atoms with Crippen molar-refractivity contribution in [3.8, 4) is 6.07 Å². The van der Waals surface area contributed by atoms with Gasteiger partial charge in [-0.25, -0.2) is 13.2 Å². The number of carbonyl (C=O) groups excluding carboxylic acids is 2. The summed E-state index contributed by atoms with van der Waals surface area (Å²) in [6.45, 7) is 4.35. The Hall–Kier alpha value is -2.90. The van der Waals surface area contributed by atoms with Gasteiger partial charge in [0.15, 0.2) is 9.84 Å². The molecule has 1 aromatic heterocycles. The number of amides is 2. The Morgan fingerprint density at radius 3 is 2.57 bits per heavy atom. The van der Waals surface area contributed by atoms with Crippen LogP contribution in [-0.2, 0) is 27.5 Å². The van der Waals surface area contributed by atoms with Gasteiger partial charge < -0.3 is 15.0 Å². The average Bonchev–Trinajstić information content (AvgIpc) is 3.09. The molecule has 1 N–H and O–H groups in total. The number of hydrogen-bond donors (Lipinski definition) is 1. The van der Waals surface area contributed by atoms with Crippen LogP contribution in [0, 0.1) is 11.3 Å². The number of sulfone groups is 1. The van der Waals surface area contributed by atoms with Gasteiger partial charge >= 0.3 is 6.09 Å². The molecule has 10 heteroatoms. The van der Waals surface area contributed by atoms with Gasteiger partial charge in [-0.3, -0.25) is 4.79 Å². The zero-order valence-electron chi connectivity index (χ0n) is 16.6. The predicted octanol–water partition coefficient (Wildman–Crippen LogP) is 3.18. The molecule has 3 rings (SSSR count). The number of thiophene rings is 1. The van der Waals surface area contributed by atoms with E-state index in [1.165, 1.54) is 35.6 Å². The van der Waals surface area contributed by atoms with Crippen LogP contribution in [0.15, 0.2) is 29.2 Å². The van der Waals surface area contributed by atoms with Crippen molar-refractivity contribution in [1.29, 1.82) is 5.26 Å². The van der Waals surface area contributed by atoms with E-state index in [0.717, 1.165) is 10.4 Å². The molecule has 0 unspecified atom stereocenters. The molecule has 8 nitrogen and oxygen atoms in total. The molecule has 0 atom stereocenters. The second-order valence-corrected chi connectivity index (χ2v) is 9.96. The summed E-state index contributed by atoms with van der Waals surface area (Å²) in [4.78, 5) is 27.2. The first-order chi connectivity index (χ1) is 14.3. The number of carbonyl (C=O) groups is 2. The third-order valence-corrected chi connectivity index (χ3v) is 7.66. The van der Waals surface area contributed by atoms with Crippen LogP contribution in [0.2, 0.25) is 0 Å². The number of hydrogen-bond acceptors (Lipinski definition) is 7. The third kappa shape index (κ3) is 4.32. The molecule has 2 heterocycles. The summed E-state index contributed by atoms with van der Waals surface area (Å²) in [5.41, 5.74) is 1.52. The lowest BCUT2D eigenvalue weighted by Crippen LogP contribution is -2.35. The highest BCUT2D eigenvalue weighted by Crippen LogP contribution is 2.37. The molecule has 0 aliphatic carbocycles. The maximum Gasteiger partial charge on any atom is 0.410 e. The first-order valence-electron chi connectivity index (χ1n) is 9.41. The number of anilines is 1. The standard InChI is InChI=1S/C20H21N3O5S2/c1-3-28-20(25)23-10-9-15-16(11-21)19(29-17(15)12-23)22-18(24)13-5-7-14(8-6-13)30(26,27)4-2/h5-8H,3-4,9-10,12H2,1-2H3,(H,22,24). The summed E-state index contributed by atoms with van der Waals surface area (Å²) >= 11 is 1.26. The highest BCUT2D eigenvalue weighted by atomic mass is 32.2. The molecule has 0 spiro atoms. The second-order valence-electron chi connectivity index (χ2n) is 6.57.